The molecule has 1 aliphatic rings. The molecule has 1 saturated heterocycles. The zero-order valence-electron chi connectivity index (χ0n) is 11.1. The van der Waals surface area contributed by atoms with E-state index in [0.29, 0.717) is 11.5 Å². The number of benzene rings is 2. The Morgan fingerprint density at radius 3 is 2.43 bits per heavy atom. The van der Waals surface area contributed by atoms with Crippen molar-refractivity contribution in [2.24, 2.45) is 0 Å². The van der Waals surface area contributed by atoms with E-state index in [-0.39, 0.29) is 11.9 Å². The molecule has 0 spiro atoms. The molecule has 1 fully saturated rings. The van der Waals surface area contributed by atoms with E-state index in [9.17, 15) is 4.79 Å². The number of carbonyl (C=O) groups excluding carboxylic acids is 1. The molecule has 0 bridgehead atoms. The quantitative estimate of drug-likeness (QED) is 0.852. The summed E-state index contributed by atoms with van der Waals surface area (Å²) >= 11 is 8.70. The first kappa shape index (κ1) is 14.2. The molecule has 1 heterocycles. The molecular formula is C16H13BrN2OS. The molecule has 0 aromatic heterocycles. The summed E-state index contributed by atoms with van der Waals surface area (Å²) in [5.74, 6) is -0.00817. The highest BCUT2D eigenvalue weighted by Gasteiger charge is 2.36. The highest BCUT2D eigenvalue weighted by Crippen LogP contribution is 2.23. The molecule has 0 unspecified atom stereocenters. The van der Waals surface area contributed by atoms with Gasteiger partial charge < -0.3 is 5.32 Å². The van der Waals surface area contributed by atoms with Gasteiger partial charge in [-0.15, -0.1) is 0 Å². The van der Waals surface area contributed by atoms with Gasteiger partial charge in [-0.05, 0) is 42.0 Å². The fourth-order valence-electron chi connectivity index (χ4n) is 2.35. The molecule has 5 heteroatoms. The van der Waals surface area contributed by atoms with Crippen LogP contribution in [-0.4, -0.2) is 17.1 Å². The lowest BCUT2D eigenvalue weighted by Crippen LogP contribution is -2.32. The first-order chi connectivity index (χ1) is 10.1. The number of carbonyl (C=O) groups is 1. The van der Waals surface area contributed by atoms with Gasteiger partial charge >= 0.3 is 0 Å². The van der Waals surface area contributed by atoms with Crippen LogP contribution in [0.4, 0.5) is 5.69 Å². The Hall–Kier alpha value is -1.72. The van der Waals surface area contributed by atoms with Crippen molar-refractivity contribution in [1.29, 1.82) is 0 Å². The molecule has 0 saturated carbocycles. The molecule has 1 atom stereocenters. The summed E-state index contributed by atoms with van der Waals surface area (Å²) in [5, 5.41) is 3.57. The number of nitrogens with one attached hydrogen (secondary N) is 1. The first-order valence-corrected chi connectivity index (χ1v) is 7.79. The second kappa shape index (κ2) is 5.95. The number of rotatable bonds is 3. The minimum Gasteiger partial charge on any atom is -0.350 e. The number of halogens is 1. The summed E-state index contributed by atoms with van der Waals surface area (Å²) in [6, 6.07) is 17.2. The van der Waals surface area contributed by atoms with Gasteiger partial charge in [0.1, 0.15) is 6.04 Å². The smallest absolute Gasteiger partial charge is 0.256 e. The van der Waals surface area contributed by atoms with Crippen molar-refractivity contribution in [2.75, 3.05) is 4.90 Å². The van der Waals surface area contributed by atoms with Gasteiger partial charge in [0.05, 0.1) is 5.69 Å². The molecular weight excluding hydrogens is 348 g/mol. The van der Waals surface area contributed by atoms with Crippen molar-refractivity contribution in [3.05, 3.63) is 64.6 Å². The van der Waals surface area contributed by atoms with E-state index >= 15 is 0 Å². The minimum atomic E-state index is -0.302. The molecule has 0 radical (unpaired) electrons. The summed E-state index contributed by atoms with van der Waals surface area (Å²) in [5.41, 5.74) is 1.90. The third-order valence-corrected chi connectivity index (χ3v) is 4.22. The van der Waals surface area contributed by atoms with Crippen molar-refractivity contribution < 1.29 is 4.79 Å². The fourth-order valence-corrected chi connectivity index (χ4v) is 2.96. The van der Waals surface area contributed by atoms with Crippen LogP contribution in [0.5, 0.6) is 0 Å². The largest absolute Gasteiger partial charge is 0.350 e. The van der Waals surface area contributed by atoms with E-state index in [2.05, 4.69) is 21.2 Å². The Labute approximate surface area is 137 Å². The van der Waals surface area contributed by atoms with E-state index in [1.54, 1.807) is 4.90 Å². The number of thiocarbonyl (C=S) groups is 1. The molecule has 2 aromatic carbocycles. The molecule has 1 aliphatic heterocycles. The summed E-state index contributed by atoms with van der Waals surface area (Å²) in [6.07, 6.45) is 0.632. The lowest BCUT2D eigenvalue weighted by atomic mass is 10.1. The average Bonchev–Trinajstić information content (AvgIpc) is 2.76. The lowest BCUT2D eigenvalue weighted by molar-refractivity contribution is -0.118. The van der Waals surface area contributed by atoms with Crippen LogP contribution >= 0.6 is 28.1 Å². The van der Waals surface area contributed by atoms with Crippen LogP contribution in [0.2, 0.25) is 0 Å². The maximum atomic E-state index is 12.6. The Bertz CT molecular complexity index is 672. The van der Waals surface area contributed by atoms with Gasteiger partial charge in [-0.25, -0.2) is 0 Å². The zero-order valence-corrected chi connectivity index (χ0v) is 13.5. The highest BCUT2D eigenvalue weighted by atomic mass is 79.9. The molecule has 2 aromatic rings. The second-order valence-electron chi connectivity index (χ2n) is 4.84. The first-order valence-electron chi connectivity index (χ1n) is 6.59. The Morgan fingerprint density at radius 2 is 1.76 bits per heavy atom. The zero-order chi connectivity index (χ0) is 14.8. The van der Waals surface area contributed by atoms with Crippen LogP contribution in [-0.2, 0) is 11.2 Å². The maximum Gasteiger partial charge on any atom is 0.256 e. The van der Waals surface area contributed by atoms with Crippen LogP contribution in [0, 0.1) is 0 Å². The molecule has 106 valence electrons. The van der Waals surface area contributed by atoms with Crippen molar-refractivity contribution in [3.63, 3.8) is 0 Å². The van der Waals surface area contributed by atoms with Gasteiger partial charge in [0.25, 0.3) is 5.91 Å². The third kappa shape index (κ3) is 2.99. The van der Waals surface area contributed by atoms with Gasteiger partial charge in [-0.3, -0.25) is 9.69 Å². The van der Waals surface area contributed by atoms with Gasteiger partial charge in [-0.2, -0.15) is 0 Å². The summed E-state index contributed by atoms with van der Waals surface area (Å²) in [4.78, 5) is 14.1. The van der Waals surface area contributed by atoms with Gasteiger partial charge in [-0.1, -0.05) is 46.3 Å². The van der Waals surface area contributed by atoms with E-state index in [4.69, 9.17) is 12.2 Å². The second-order valence-corrected chi connectivity index (χ2v) is 6.14. The number of anilines is 1. The number of amides is 1. The van der Waals surface area contributed by atoms with Crippen LogP contribution in [0.1, 0.15) is 5.56 Å². The summed E-state index contributed by atoms with van der Waals surface area (Å²) in [7, 11) is 0. The Balaban J connectivity index is 1.80. The van der Waals surface area contributed by atoms with Crippen LogP contribution < -0.4 is 10.2 Å². The van der Waals surface area contributed by atoms with Crippen molar-refractivity contribution in [2.45, 2.75) is 12.5 Å². The fraction of sp³-hybridized carbons (Fsp3) is 0.125. The molecule has 21 heavy (non-hydrogen) atoms. The van der Waals surface area contributed by atoms with E-state index in [1.165, 1.54) is 0 Å². The topological polar surface area (TPSA) is 32.3 Å². The lowest BCUT2D eigenvalue weighted by Gasteiger charge is -2.14. The van der Waals surface area contributed by atoms with Crippen molar-refractivity contribution >= 4 is 44.9 Å². The normalized spacial score (nSPS) is 18.0. The SMILES string of the molecule is O=C1[C@H](Cc2ccccc2)NC(=S)N1c1ccc(Br)cc1. The van der Waals surface area contributed by atoms with Crippen LogP contribution in [0.3, 0.4) is 0 Å². The maximum absolute atomic E-state index is 12.6. The van der Waals surface area contributed by atoms with Gasteiger partial charge in [0, 0.05) is 10.9 Å². The minimum absolute atomic E-state index is 0.00817. The van der Waals surface area contributed by atoms with Crippen LogP contribution in [0.15, 0.2) is 59.1 Å². The third-order valence-electron chi connectivity index (χ3n) is 3.39. The van der Waals surface area contributed by atoms with Crippen molar-refractivity contribution in [1.82, 2.24) is 5.32 Å². The number of hydrogen-bond donors (Lipinski definition) is 1. The van der Waals surface area contributed by atoms with Crippen LogP contribution in [0.25, 0.3) is 0 Å². The van der Waals surface area contributed by atoms with Gasteiger partial charge in [0.2, 0.25) is 0 Å². The predicted octanol–water partition coefficient (Wildman–Crippen LogP) is 3.28. The van der Waals surface area contributed by atoms with Gasteiger partial charge in [0.15, 0.2) is 5.11 Å². The Morgan fingerprint density at radius 1 is 1.10 bits per heavy atom. The predicted molar refractivity (Wildman–Crippen MR) is 91.3 cm³/mol. The van der Waals surface area contributed by atoms with Crippen molar-refractivity contribution in [3.8, 4) is 0 Å². The summed E-state index contributed by atoms with van der Waals surface area (Å²) in [6.45, 7) is 0. The highest BCUT2D eigenvalue weighted by molar-refractivity contribution is 9.10. The van der Waals surface area contributed by atoms with E-state index < -0.39 is 0 Å². The molecule has 3 nitrogen and oxygen atoms in total. The van der Waals surface area contributed by atoms with E-state index in [1.807, 2.05) is 54.6 Å². The monoisotopic (exact) mass is 360 g/mol. The molecule has 3 rings (SSSR count). The average molecular weight is 361 g/mol. The molecule has 1 N–H and O–H groups in total. The molecule has 0 aliphatic carbocycles. The van der Waals surface area contributed by atoms with E-state index in [0.717, 1.165) is 15.7 Å². The standard InChI is InChI=1S/C16H13BrN2OS/c17-12-6-8-13(9-7-12)19-15(20)14(18-16(19)21)10-11-4-2-1-3-5-11/h1-9,14H,10H2,(H,18,21)/t14-/m0/s1. The number of nitrogens with zero attached hydrogens (tertiary/aromatic N) is 1. The Kier molecular flexibility index (Phi) is 4.03. The summed E-state index contributed by atoms with van der Waals surface area (Å²) < 4.78 is 0.970. The number of hydrogen-bond acceptors (Lipinski definition) is 2. The molecule has 1 amide bonds.